The van der Waals surface area contributed by atoms with E-state index in [1.807, 2.05) is 36.4 Å². The highest BCUT2D eigenvalue weighted by Crippen LogP contribution is 2.13. The number of methoxy groups -OCH3 is 1. The SMILES string of the molecule is COc1ccc(CCNCc2ccc(OCCO)cc2)cc1. The third-order valence-electron chi connectivity index (χ3n) is 3.36. The van der Waals surface area contributed by atoms with Crippen molar-refractivity contribution in [2.24, 2.45) is 0 Å². The first-order chi connectivity index (χ1) is 10.8. The van der Waals surface area contributed by atoms with Crippen LogP contribution in [0.5, 0.6) is 11.5 Å². The zero-order valence-corrected chi connectivity index (χ0v) is 12.9. The molecule has 0 aliphatic heterocycles. The van der Waals surface area contributed by atoms with Gasteiger partial charge in [0.2, 0.25) is 0 Å². The minimum Gasteiger partial charge on any atom is -0.497 e. The van der Waals surface area contributed by atoms with Crippen LogP contribution in [0.1, 0.15) is 11.1 Å². The van der Waals surface area contributed by atoms with E-state index in [2.05, 4.69) is 17.4 Å². The molecule has 0 amide bonds. The molecule has 2 rings (SSSR count). The maximum absolute atomic E-state index is 8.71. The maximum atomic E-state index is 8.71. The van der Waals surface area contributed by atoms with Crippen LogP contribution in [0.15, 0.2) is 48.5 Å². The van der Waals surface area contributed by atoms with Gasteiger partial charge >= 0.3 is 0 Å². The van der Waals surface area contributed by atoms with E-state index in [1.165, 1.54) is 11.1 Å². The molecule has 2 aromatic rings. The Bertz CT molecular complexity index is 537. The molecule has 0 fully saturated rings. The summed E-state index contributed by atoms with van der Waals surface area (Å²) in [6.45, 7) is 2.12. The molecule has 2 aromatic carbocycles. The van der Waals surface area contributed by atoms with E-state index in [9.17, 15) is 0 Å². The number of hydrogen-bond donors (Lipinski definition) is 2. The average Bonchev–Trinajstić information content (AvgIpc) is 2.58. The van der Waals surface area contributed by atoms with E-state index < -0.39 is 0 Å². The average molecular weight is 301 g/mol. The van der Waals surface area contributed by atoms with Crippen LogP contribution in [0.3, 0.4) is 0 Å². The predicted octanol–water partition coefficient (Wildman–Crippen LogP) is 2.40. The third-order valence-corrected chi connectivity index (χ3v) is 3.36. The maximum Gasteiger partial charge on any atom is 0.119 e. The highest BCUT2D eigenvalue weighted by atomic mass is 16.5. The zero-order valence-electron chi connectivity index (χ0n) is 12.9. The smallest absolute Gasteiger partial charge is 0.119 e. The first-order valence-corrected chi connectivity index (χ1v) is 7.48. The number of nitrogens with one attached hydrogen (secondary N) is 1. The van der Waals surface area contributed by atoms with Crippen LogP contribution >= 0.6 is 0 Å². The van der Waals surface area contributed by atoms with Crippen molar-refractivity contribution in [3.05, 3.63) is 59.7 Å². The number of ether oxygens (including phenoxy) is 2. The molecule has 0 radical (unpaired) electrons. The summed E-state index contributed by atoms with van der Waals surface area (Å²) in [4.78, 5) is 0. The van der Waals surface area contributed by atoms with Crippen LogP contribution in [0, 0.1) is 0 Å². The van der Waals surface area contributed by atoms with Gasteiger partial charge in [-0.2, -0.15) is 0 Å². The number of rotatable bonds is 9. The lowest BCUT2D eigenvalue weighted by Crippen LogP contribution is -2.16. The molecule has 4 nitrogen and oxygen atoms in total. The summed E-state index contributed by atoms with van der Waals surface area (Å²) in [5.41, 5.74) is 2.51. The molecule has 4 heteroatoms. The molecule has 0 aliphatic rings. The molecular weight excluding hydrogens is 278 g/mol. The molecule has 0 aliphatic carbocycles. The molecule has 22 heavy (non-hydrogen) atoms. The number of benzene rings is 2. The molecule has 0 atom stereocenters. The fourth-order valence-electron chi connectivity index (χ4n) is 2.12. The number of aliphatic hydroxyl groups excluding tert-OH is 1. The Morgan fingerprint density at radius 3 is 2.18 bits per heavy atom. The van der Waals surface area contributed by atoms with Crippen LogP contribution in [-0.2, 0) is 13.0 Å². The number of hydrogen-bond acceptors (Lipinski definition) is 4. The highest BCUT2D eigenvalue weighted by Gasteiger charge is 1.97. The molecule has 2 N–H and O–H groups in total. The van der Waals surface area contributed by atoms with Crippen LogP contribution < -0.4 is 14.8 Å². The van der Waals surface area contributed by atoms with Crippen molar-refractivity contribution in [2.75, 3.05) is 26.9 Å². The van der Waals surface area contributed by atoms with Crippen LogP contribution in [0.2, 0.25) is 0 Å². The van der Waals surface area contributed by atoms with Crippen molar-refractivity contribution in [2.45, 2.75) is 13.0 Å². The van der Waals surface area contributed by atoms with E-state index in [0.717, 1.165) is 31.0 Å². The van der Waals surface area contributed by atoms with E-state index in [-0.39, 0.29) is 6.61 Å². The molecule has 118 valence electrons. The Morgan fingerprint density at radius 2 is 1.55 bits per heavy atom. The quantitative estimate of drug-likeness (QED) is 0.698. The second-order valence-electron chi connectivity index (χ2n) is 4.99. The zero-order chi connectivity index (χ0) is 15.6. The van der Waals surface area contributed by atoms with Gasteiger partial charge < -0.3 is 19.9 Å². The molecule has 0 unspecified atom stereocenters. The molecular formula is C18H23NO3. The third kappa shape index (κ3) is 5.39. The normalized spacial score (nSPS) is 10.5. The molecule has 0 spiro atoms. The summed E-state index contributed by atoms with van der Waals surface area (Å²) in [7, 11) is 1.68. The second-order valence-corrected chi connectivity index (χ2v) is 4.99. The fraction of sp³-hybridized carbons (Fsp3) is 0.333. The Balaban J connectivity index is 1.69. The van der Waals surface area contributed by atoms with Gasteiger partial charge in [-0.1, -0.05) is 24.3 Å². The van der Waals surface area contributed by atoms with Gasteiger partial charge in [-0.25, -0.2) is 0 Å². The van der Waals surface area contributed by atoms with Crippen molar-refractivity contribution >= 4 is 0 Å². The molecule has 0 saturated carbocycles. The van der Waals surface area contributed by atoms with Gasteiger partial charge in [-0.05, 0) is 48.4 Å². The standard InChI is InChI=1S/C18H23NO3/c1-21-17-6-2-15(3-7-17)10-11-19-14-16-4-8-18(9-5-16)22-13-12-20/h2-9,19-20H,10-14H2,1H3. The Labute approximate surface area is 131 Å². The van der Waals surface area contributed by atoms with Crippen LogP contribution in [0.4, 0.5) is 0 Å². The largest absolute Gasteiger partial charge is 0.497 e. The summed E-state index contributed by atoms with van der Waals surface area (Å²) >= 11 is 0. The lowest BCUT2D eigenvalue weighted by atomic mass is 10.1. The highest BCUT2D eigenvalue weighted by molar-refractivity contribution is 5.28. The van der Waals surface area contributed by atoms with Crippen molar-refractivity contribution < 1.29 is 14.6 Å². The van der Waals surface area contributed by atoms with E-state index in [0.29, 0.717) is 6.61 Å². The summed E-state index contributed by atoms with van der Waals surface area (Å²) in [6, 6.07) is 16.1. The van der Waals surface area contributed by atoms with Gasteiger partial charge in [0, 0.05) is 6.54 Å². The van der Waals surface area contributed by atoms with Crippen molar-refractivity contribution in [3.8, 4) is 11.5 Å². The van der Waals surface area contributed by atoms with Gasteiger partial charge in [-0.3, -0.25) is 0 Å². The Kier molecular flexibility index (Phi) is 6.74. The topological polar surface area (TPSA) is 50.7 Å². The van der Waals surface area contributed by atoms with E-state index in [4.69, 9.17) is 14.6 Å². The van der Waals surface area contributed by atoms with Gasteiger partial charge in [0.25, 0.3) is 0 Å². The van der Waals surface area contributed by atoms with Crippen molar-refractivity contribution in [1.82, 2.24) is 5.32 Å². The van der Waals surface area contributed by atoms with E-state index >= 15 is 0 Å². The first-order valence-electron chi connectivity index (χ1n) is 7.48. The van der Waals surface area contributed by atoms with Crippen molar-refractivity contribution in [1.29, 1.82) is 0 Å². The lowest BCUT2D eigenvalue weighted by Gasteiger charge is -2.08. The summed E-state index contributed by atoms with van der Waals surface area (Å²) < 4.78 is 10.5. The molecule has 0 saturated heterocycles. The summed E-state index contributed by atoms with van der Waals surface area (Å²) in [5, 5.41) is 12.1. The Hall–Kier alpha value is -2.04. The summed E-state index contributed by atoms with van der Waals surface area (Å²) in [5.74, 6) is 1.68. The lowest BCUT2D eigenvalue weighted by molar-refractivity contribution is 0.201. The molecule has 0 aromatic heterocycles. The van der Waals surface area contributed by atoms with Crippen LogP contribution in [-0.4, -0.2) is 32.0 Å². The van der Waals surface area contributed by atoms with Gasteiger partial charge in [0.1, 0.15) is 18.1 Å². The van der Waals surface area contributed by atoms with Gasteiger partial charge in [-0.15, -0.1) is 0 Å². The minimum absolute atomic E-state index is 0.0364. The minimum atomic E-state index is 0.0364. The second kappa shape index (κ2) is 9.07. The molecule has 0 heterocycles. The first kappa shape index (κ1) is 16.3. The Morgan fingerprint density at radius 1 is 0.909 bits per heavy atom. The van der Waals surface area contributed by atoms with Crippen LogP contribution in [0.25, 0.3) is 0 Å². The predicted molar refractivity (Wildman–Crippen MR) is 87.4 cm³/mol. The fourth-order valence-corrected chi connectivity index (χ4v) is 2.12. The molecule has 0 bridgehead atoms. The monoisotopic (exact) mass is 301 g/mol. The van der Waals surface area contributed by atoms with Crippen molar-refractivity contribution in [3.63, 3.8) is 0 Å². The van der Waals surface area contributed by atoms with Gasteiger partial charge in [0.15, 0.2) is 0 Å². The number of aliphatic hydroxyl groups is 1. The van der Waals surface area contributed by atoms with E-state index in [1.54, 1.807) is 7.11 Å². The summed E-state index contributed by atoms with van der Waals surface area (Å²) in [6.07, 6.45) is 0.988. The van der Waals surface area contributed by atoms with Gasteiger partial charge in [0.05, 0.1) is 13.7 Å².